The van der Waals surface area contributed by atoms with Gasteiger partial charge in [0.25, 0.3) is 0 Å². The zero-order chi connectivity index (χ0) is 16.6. The number of piperazine rings is 1. The minimum atomic E-state index is -1.47. The SMILES string of the molecule is CCN1C=C(C(=O)[O-])C(=O)C2CC(F)C(N3CCNCC3)CC21. The van der Waals surface area contributed by atoms with E-state index < -0.39 is 23.8 Å². The third kappa shape index (κ3) is 2.99. The van der Waals surface area contributed by atoms with Crippen LogP contribution in [0.25, 0.3) is 0 Å². The fraction of sp³-hybridized carbons (Fsp3) is 0.750. The summed E-state index contributed by atoms with van der Waals surface area (Å²) in [5.74, 6) is -2.52. The first-order chi connectivity index (χ1) is 11.0. The van der Waals surface area contributed by atoms with E-state index in [1.165, 1.54) is 6.20 Å². The second-order valence-corrected chi connectivity index (χ2v) is 6.54. The van der Waals surface area contributed by atoms with E-state index in [2.05, 4.69) is 10.2 Å². The number of nitrogens with zero attached hydrogens (tertiary/aromatic N) is 2. The first-order valence-corrected chi connectivity index (χ1v) is 8.35. The number of carbonyl (C=O) groups excluding carboxylic acids is 2. The van der Waals surface area contributed by atoms with Gasteiger partial charge in [0.15, 0.2) is 5.78 Å². The highest BCUT2D eigenvalue weighted by Gasteiger charge is 2.47. The van der Waals surface area contributed by atoms with Gasteiger partial charge in [0, 0.05) is 56.9 Å². The van der Waals surface area contributed by atoms with Crippen LogP contribution in [0.5, 0.6) is 0 Å². The molecule has 3 aliphatic rings. The number of carboxylic acid groups (broad SMARTS) is 1. The summed E-state index contributed by atoms with van der Waals surface area (Å²) in [6.45, 7) is 5.82. The van der Waals surface area contributed by atoms with Gasteiger partial charge in [-0.25, -0.2) is 4.39 Å². The van der Waals surface area contributed by atoms with Gasteiger partial charge in [0.1, 0.15) is 6.17 Å². The van der Waals surface area contributed by atoms with Gasteiger partial charge in [-0.2, -0.15) is 0 Å². The van der Waals surface area contributed by atoms with Crippen LogP contribution >= 0.6 is 0 Å². The number of hydrogen-bond donors (Lipinski definition) is 1. The van der Waals surface area contributed by atoms with E-state index >= 15 is 0 Å². The molecular weight excluding hydrogens is 301 g/mol. The second-order valence-electron chi connectivity index (χ2n) is 6.54. The van der Waals surface area contributed by atoms with Crippen molar-refractivity contribution in [1.29, 1.82) is 0 Å². The Hall–Kier alpha value is -1.47. The molecule has 4 atom stereocenters. The first kappa shape index (κ1) is 16.4. The van der Waals surface area contributed by atoms with Crippen LogP contribution in [0, 0.1) is 5.92 Å². The standard InChI is InChI=1S/C16H24FN3O3/c1-2-19-9-11(16(22)23)15(21)10-7-12(17)14(8-13(10)19)20-5-3-18-4-6-20/h9-10,12-14,18H,2-8H2,1H3,(H,22,23)/p-1. The molecule has 6 nitrogen and oxygen atoms in total. The summed E-state index contributed by atoms with van der Waals surface area (Å²) >= 11 is 0. The predicted octanol–water partition coefficient (Wildman–Crippen LogP) is -1.08. The molecule has 1 saturated heterocycles. The molecule has 4 unspecified atom stereocenters. The maximum atomic E-state index is 14.7. The molecule has 0 aromatic heterocycles. The van der Waals surface area contributed by atoms with Crippen molar-refractivity contribution in [2.45, 2.75) is 38.0 Å². The van der Waals surface area contributed by atoms with Crippen molar-refractivity contribution >= 4 is 11.8 Å². The van der Waals surface area contributed by atoms with Gasteiger partial charge in [-0.05, 0) is 19.8 Å². The van der Waals surface area contributed by atoms with E-state index in [0.717, 1.165) is 26.2 Å². The molecule has 128 valence electrons. The van der Waals surface area contributed by atoms with E-state index in [1.54, 1.807) is 0 Å². The normalized spacial score (nSPS) is 35.7. The van der Waals surface area contributed by atoms with Crippen LogP contribution < -0.4 is 10.4 Å². The number of halogens is 1. The van der Waals surface area contributed by atoms with Crippen molar-refractivity contribution in [2.75, 3.05) is 32.7 Å². The molecule has 0 radical (unpaired) electrons. The van der Waals surface area contributed by atoms with Gasteiger partial charge >= 0.3 is 0 Å². The van der Waals surface area contributed by atoms with Gasteiger partial charge in [0.2, 0.25) is 0 Å². The van der Waals surface area contributed by atoms with E-state index in [-0.39, 0.29) is 24.1 Å². The Morgan fingerprint density at radius 2 is 2.04 bits per heavy atom. The number of hydrogen-bond acceptors (Lipinski definition) is 6. The van der Waals surface area contributed by atoms with Crippen LogP contribution in [-0.2, 0) is 9.59 Å². The van der Waals surface area contributed by atoms with Crippen molar-refractivity contribution in [2.24, 2.45) is 5.92 Å². The summed E-state index contributed by atoms with van der Waals surface area (Å²) in [5.41, 5.74) is -0.319. The first-order valence-electron chi connectivity index (χ1n) is 8.35. The number of ketones is 1. The Bertz CT molecular complexity index is 519. The predicted molar refractivity (Wildman–Crippen MR) is 80.1 cm³/mol. The Morgan fingerprint density at radius 1 is 1.35 bits per heavy atom. The molecule has 0 amide bonds. The van der Waals surface area contributed by atoms with E-state index in [1.807, 2.05) is 11.8 Å². The number of alkyl halides is 1. The summed E-state index contributed by atoms with van der Waals surface area (Å²) in [6.07, 6.45) is 0.950. The van der Waals surface area contributed by atoms with Crippen molar-refractivity contribution in [3.63, 3.8) is 0 Å². The molecule has 0 aromatic rings. The van der Waals surface area contributed by atoms with Gasteiger partial charge < -0.3 is 20.1 Å². The molecule has 1 aliphatic carbocycles. The molecule has 3 rings (SSSR count). The smallest absolute Gasteiger partial charge is 0.171 e. The quantitative estimate of drug-likeness (QED) is 0.665. The Balaban J connectivity index is 1.83. The van der Waals surface area contributed by atoms with Crippen molar-refractivity contribution in [3.8, 4) is 0 Å². The average Bonchev–Trinajstić information content (AvgIpc) is 2.55. The molecule has 0 spiro atoms. The number of fused-ring (bicyclic) bond motifs is 1. The molecule has 0 bridgehead atoms. The van der Waals surface area contributed by atoms with E-state index in [4.69, 9.17) is 0 Å². The maximum Gasteiger partial charge on any atom is 0.171 e. The number of aliphatic carboxylic acids is 1. The third-order valence-electron chi connectivity index (χ3n) is 5.37. The highest BCUT2D eigenvalue weighted by molar-refractivity contribution is 6.17. The van der Waals surface area contributed by atoms with Crippen molar-refractivity contribution in [1.82, 2.24) is 15.1 Å². The highest BCUT2D eigenvalue weighted by Crippen LogP contribution is 2.38. The number of rotatable bonds is 3. The van der Waals surface area contributed by atoms with Crippen LogP contribution in [0.1, 0.15) is 19.8 Å². The lowest BCUT2D eigenvalue weighted by molar-refractivity contribution is -0.299. The Kier molecular flexibility index (Phi) is 4.68. The van der Waals surface area contributed by atoms with Gasteiger partial charge in [-0.1, -0.05) is 0 Å². The third-order valence-corrected chi connectivity index (χ3v) is 5.37. The minimum Gasteiger partial charge on any atom is -0.545 e. The Morgan fingerprint density at radius 3 is 2.65 bits per heavy atom. The van der Waals surface area contributed by atoms with Crippen LogP contribution in [0.3, 0.4) is 0 Å². The number of nitrogens with one attached hydrogen (secondary N) is 1. The van der Waals surface area contributed by atoms with Crippen LogP contribution in [0.4, 0.5) is 4.39 Å². The zero-order valence-corrected chi connectivity index (χ0v) is 13.3. The summed E-state index contributed by atoms with van der Waals surface area (Å²) in [5, 5.41) is 14.4. The highest BCUT2D eigenvalue weighted by atomic mass is 19.1. The molecule has 2 aliphatic heterocycles. The average molecular weight is 324 g/mol. The summed E-state index contributed by atoms with van der Waals surface area (Å²) in [6, 6.07) is -0.319. The van der Waals surface area contributed by atoms with Crippen molar-refractivity contribution < 1.29 is 19.1 Å². The summed E-state index contributed by atoms with van der Waals surface area (Å²) in [7, 11) is 0. The van der Waals surface area contributed by atoms with Gasteiger partial charge in [-0.3, -0.25) is 9.69 Å². The lowest BCUT2D eigenvalue weighted by atomic mass is 9.73. The second kappa shape index (κ2) is 6.57. The summed E-state index contributed by atoms with van der Waals surface area (Å²) < 4.78 is 14.7. The molecule has 0 aromatic carbocycles. The maximum absolute atomic E-state index is 14.7. The van der Waals surface area contributed by atoms with E-state index in [0.29, 0.717) is 13.0 Å². The molecule has 1 saturated carbocycles. The molecule has 2 heterocycles. The number of carboxylic acids is 1. The van der Waals surface area contributed by atoms with Gasteiger partial charge in [-0.15, -0.1) is 0 Å². The largest absolute Gasteiger partial charge is 0.545 e. The lowest BCUT2D eigenvalue weighted by Crippen LogP contribution is -2.60. The number of Topliss-reactive ketones (excluding diaryl/α,β-unsaturated/α-hetero) is 1. The van der Waals surface area contributed by atoms with Crippen molar-refractivity contribution in [3.05, 3.63) is 11.8 Å². The molecule has 7 heteroatoms. The molecular formula is C16H23FN3O3-. The lowest BCUT2D eigenvalue weighted by Gasteiger charge is -2.49. The fourth-order valence-corrected chi connectivity index (χ4v) is 4.16. The number of carbonyl (C=O) groups is 2. The molecule has 23 heavy (non-hydrogen) atoms. The van der Waals surface area contributed by atoms with Crippen LogP contribution in [0.15, 0.2) is 11.8 Å². The minimum absolute atomic E-state index is 0.0964. The summed E-state index contributed by atoms with van der Waals surface area (Å²) in [4.78, 5) is 27.6. The topological polar surface area (TPSA) is 75.7 Å². The zero-order valence-electron chi connectivity index (χ0n) is 13.3. The van der Waals surface area contributed by atoms with Crippen LogP contribution in [-0.4, -0.2) is 72.5 Å². The Labute approximate surface area is 135 Å². The molecule has 2 fully saturated rings. The fourth-order valence-electron chi connectivity index (χ4n) is 4.16. The van der Waals surface area contributed by atoms with E-state index in [9.17, 15) is 19.1 Å². The van der Waals surface area contributed by atoms with Gasteiger partial charge in [0.05, 0.1) is 11.5 Å². The monoisotopic (exact) mass is 324 g/mol. The molecule has 1 N–H and O–H groups in total. The van der Waals surface area contributed by atoms with Crippen LogP contribution in [0.2, 0.25) is 0 Å².